The molecule has 19 heavy (non-hydrogen) atoms. The summed E-state index contributed by atoms with van der Waals surface area (Å²) < 4.78 is 0. The number of carbonyl (C=O) groups is 1. The van der Waals surface area contributed by atoms with Crippen molar-refractivity contribution in [3.05, 3.63) is 26.3 Å². The van der Waals surface area contributed by atoms with Crippen LogP contribution < -0.4 is 5.32 Å². The lowest BCUT2D eigenvalue weighted by Crippen LogP contribution is -2.29. The predicted molar refractivity (Wildman–Crippen MR) is 66.8 cm³/mol. The van der Waals surface area contributed by atoms with E-state index in [9.17, 15) is 25.0 Å². The van der Waals surface area contributed by atoms with Crippen molar-refractivity contribution in [1.82, 2.24) is 4.90 Å². The number of hydrogen-bond acceptors (Lipinski definition) is 7. The average molecular weight is 290 g/mol. The van der Waals surface area contributed by atoms with Gasteiger partial charge in [0.1, 0.15) is 6.07 Å². The third kappa shape index (κ3) is 3.77. The normalized spacial score (nSPS) is 9.95. The molecule has 1 heterocycles. The molecule has 1 amide bonds. The molecule has 0 saturated heterocycles. The highest BCUT2D eigenvalue weighted by Crippen LogP contribution is 2.38. The van der Waals surface area contributed by atoms with Crippen LogP contribution in [0.5, 0.6) is 0 Å². The first kappa shape index (κ1) is 14.6. The van der Waals surface area contributed by atoms with E-state index in [1.807, 2.05) is 0 Å². The minimum atomic E-state index is -1.13. The van der Waals surface area contributed by atoms with E-state index in [0.29, 0.717) is 11.3 Å². The lowest BCUT2D eigenvalue weighted by Gasteiger charge is -2.12. The van der Waals surface area contributed by atoms with Crippen molar-refractivity contribution in [3.8, 4) is 0 Å². The van der Waals surface area contributed by atoms with Gasteiger partial charge in [-0.1, -0.05) is 0 Å². The van der Waals surface area contributed by atoms with Crippen molar-refractivity contribution < 1.29 is 19.7 Å². The van der Waals surface area contributed by atoms with Gasteiger partial charge in [0.05, 0.1) is 9.85 Å². The molecule has 0 aliphatic rings. The van der Waals surface area contributed by atoms with Crippen LogP contribution in [-0.4, -0.2) is 46.1 Å². The first-order chi connectivity index (χ1) is 8.82. The number of nitrogens with one attached hydrogen (secondary N) is 1. The number of anilines is 1. The van der Waals surface area contributed by atoms with Gasteiger partial charge in [0, 0.05) is 20.1 Å². The molecular formula is C8H10N4O6S. The zero-order valence-corrected chi connectivity index (χ0v) is 10.5. The van der Waals surface area contributed by atoms with Gasteiger partial charge in [0.2, 0.25) is 0 Å². The molecule has 11 heteroatoms. The smallest absolute Gasteiger partial charge is 0.407 e. The molecular weight excluding hydrogens is 280 g/mol. The number of carboxylic acid groups (broad SMARTS) is 1. The van der Waals surface area contributed by atoms with Crippen molar-refractivity contribution >= 4 is 33.1 Å². The van der Waals surface area contributed by atoms with E-state index in [-0.39, 0.29) is 23.1 Å². The maximum Gasteiger partial charge on any atom is 0.407 e. The number of thiophene rings is 1. The zero-order valence-electron chi connectivity index (χ0n) is 9.73. The van der Waals surface area contributed by atoms with Gasteiger partial charge in [-0.2, -0.15) is 0 Å². The molecule has 0 fully saturated rings. The maximum atomic E-state index is 10.7. The van der Waals surface area contributed by atoms with Gasteiger partial charge in [0.15, 0.2) is 5.00 Å². The molecule has 0 aliphatic heterocycles. The highest BCUT2D eigenvalue weighted by atomic mass is 32.1. The first-order valence-electron chi connectivity index (χ1n) is 4.93. The summed E-state index contributed by atoms with van der Waals surface area (Å²) in [6.45, 7) is 0.208. The Labute approximate surface area is 110 Å². The largest absolute Gasteiger partial charge is 0.465 e. The number of rotatable bonds is 6. The lowest BCUT2D eigenvalue weighted by molar-refractivity contribution is -0.389. The van der Waals surface area contributed by atoms with Crippen LogP contribution in [0, 0.1) is 20.2 Å². The van der Waals surface area contributed by atoms with E-state index in [0.717, 1.165) is 11.0 Å². The maximum absolute atomic E-state index is 10.7. The molecule has 2 N–H and O–H groups in total. The summed E-state index contributed by atoms with van der Waals surface area (Å²) in [7, 11) is 1.34. The summed E-state index contributed by atoms with van der Waals surface area (Å²) in [4.78, 5) is 31.3. The van der Waals surface area contributed by atoms with Crippen LogP contribution >= 0.6 is 11.3 Å². The summed E-state index contributed by atoms with van der Waals surface area (Å²) in [5.74, 6) is 0. The van der Waals surface area contributed by atoms with Crippen LogP contribution in [0.15, 0.2) is 6.07 Å². The summed E-state index contributed by atoms with van der Waals surface area (Å²) in [6.07, 6.45) is -1.13. The van der Waals surface area contributed by atoms with Gasteiger partial charge in [-0.15, -0.1) is 0 Å². The van der Waals surface area contributed by atoms with E-state index in [2.05, 4.69) is 5.32 Å². The third-order valence-electron chi connectivity index (χ3n) is 2.14. The SMILES string of the molecule is CN(CCNc1sc([N+](=O)[O-])cc1[N+](=O)[O-])C(=O)O. The Morgan fingerprint density at radius 1 is 1.47 bits per heavy atom. The molecule has 0 bridgehead atoms. The quantitative estimate of drug-likeness (QED) is 0.598. The standard InChI is InChI=1S/C8H10N4O6S/c1-10(8(13)14)3-2-9-7-5(11(15)16)4-6(19-7)12(17)18/h4,9H,2-3H2,1H3,(H,13,14). The monoisotopic (exact) mass is 290 g/mol. The Kier molecular flexibility index (Phi) is 4.58. The average Bonchev–Trinajstić information content (AvgIpc) is 2.73. The van der Waals surface area contributed by atoms with Crippen LogP contribution in [0.2, 0.25) is 0 Å². The van der Waals surface area contributed by atoms with Crippen LogP contribution in [0.3, 0.4) is 0 Å². The summed E-state index contributed by atoms with van der Waals surface area (Å²) >= 11 is 0.638. The second-order valence-electron chi connectivity index (χ2n) is 3.44. The summed E-state index contributed by atoms with van der Waals surface area (Å²) in [5, 5.41) is 32.2. The lowest BCUT2D eigenvalue weighted by atomic mass is 10.4. The van der Waals surface area contributed by atoms with E-state index in [1.54, 1.807) is 0 Å². The van der Waals surface area contributed by atoms with Gasteiger partial charge in [-0.3, -0.25) is 20.2 Å². The van der Waals surface area contributed by atoms with Crippen molar-refractivity contribution in [2.24, 2.45) is 0 Å². The highest BCUT2D eigenvalue weighted by Gasteiger charge is 2.24. The molecule has 0 atom stereocenters. The number of amides is 1. The number of hydrogen-bond donors (Lipinski definition) is 2. The van der Waals surface area contributed by atoms with Gasteiger partial charge < -0.3 is 15.3 Å². The zero-order chi connectivity index (χ0) is 14.6. The number of nitro groups is 2. The van der Waals surface area contributed by atoms with Crippen LogP contribution in [0.1, 0.15) is 0 Å². The van der Waals surface area contributed by atoms with E-state index in [1.165, 1.54) is 7.05 Å². The molecule has 0 radical (unpaired) electrons. The van der Waals surface area contributed by atoms with Crippen molar-refractivity contribution in [3.63, 3.8) is 0 Å². The molecule has 0 saturated carbocycles. The highest BCUT2D eigenvalue weighted by molar-refractivity contribution is 7.19. The minimum Gasteiger partial charge on any atom is -0.465 e. The Hall–Kier alpha value is -2.43. The predicted octanol–water partition coefficient (Wildman–Crippen LogP) is 1.59. The van der Waals surface area contributed by atoms with Crippen LogP contribution in [0.25, 0.3) is 0 Å². The molecule has 0 unspecified atom stereocenters. The second-order valence-corrected chi connectivity index (χ2v) is 4.47. The molecule has 1 aromatic rings. The van der Waals surface area contributed by atoms with E-state index in [4.69, 9.17) is 5.11 Å². The van der Waals surface area contributed by atoms with Gasteiger partial charge in [-0.25, -0.2) is 4.79 Å². The molecule has 0 spiro atoms. The van der Waals surface area contributed by atoms with Gasteiger partial charge in [0.25, 0.3) is 0 Å². The topological polar surface area (TPSA) is 139 Å². The molecule has 10 nitrogen and oxygen atoms in total. The number of nitrogens with zero attached hydrogens (tertiary/aromatic N) is 3. The third-order valence-corrected chi connectivity index (χ3v) is 3.17. The Morgan fingerprint density at radius 2 is 2.11 bits per heavy atom. The summed E-state index contributed by atoms with van der Waals surface area (Å²) in [6, 6.07) is 0.869. The fourth-order valence-corrected chi connectivity index (χ4v) is 2.02. The second kappa shape index (κ2) is 5.95. The Morgan fingerprint density at radius 3 is 2.58 bits per heavy atom. The van der Waals surface area contributed by atoms with E-state index >= 15 is 0 Å². The van der Waals surface area contributed by atoms with Crippen LogP contribution in [0.4, 0.5) is 20.5 Å². The van der Waals surface area contributed by atoms with Gasteiger partial charge in [-0.05, 0) is 11.3 Å². The Bertz CT molecular complexity index is 515. The molecule has 1 aromatic heterocycles. The Balaban J connectivity index is 2.74. The first-order valence-corrected chi connectivity index (χ1v) is 5.75. The fourth-order valence-electron chi connectivity index (χ4n) is 1.15. The fraction of sp³-hybridized carbons (Fsp3) is 0.375. The molecule has 1 rings (SSSR count). The summed E-state index contributed by atoms with van der Waals surface area (Å²) in [5.41, 5.74) is -0.394. The van der Waals surface area contributed by atoms with Crippen LogP contribution in [-0.2, 0) is 0 Å². The van der Waals surface area contributed by atoms with Crippen molar-refractivity contribution in [1.29, 1.82) is 0 Å². The molecule has 0 aliphatic carbocycles. The van der Waals surface area contributed by atoms with Crippen molar-refractivity contribution in [2.45, 2.75) is 0 Å². The van der Waals surface area contributed by atoms with Crippen molar-refractivity contribution in [2.75, 3.05) is 25.5 Å². The van der Waals surface area contributed by atoms with Gasteiger partial charge >= 0.3 is 16.8 Å². The van der Waals surface area contributed by atoms with E-state index < -0.39 is 21.6 Å². The molecule has 104 valence electrons. The minimum absolute atomic E-state index is 0.0375. The number of likely N-dealkylation sites (N-methyl/N-ethyl adjacent to an activating group) is 1. The molecule has 0 aromatic carbocycles.